The van der Waals surface area contributed by atoms with Crippen LogP contribution in [0.3, 0.4) is 0 Å². The third kappa shape index (κ3) is 8.65. The SMILES string of the molecule is CC(C)c1ccc(N(CC(=O)N(Cc2cccc(Br)c2)[C@@H](C)C(=O)NC(C)(C)C)S(C)(=O)=O)cc1. The molecule has 0 saturated heterocycles. The Morgan fingerprint density at radius 2 is 1.63 bits per heavy atom. The minimum absolute atomic E-state index is 0.154. The molecule has 0 fully saturated rings. The number of anilines is 1. The molecule has 2 aromatic carbocycles. The maximum atomic E-state index is 13.6. The van der Waals surface area contributed by atoms with Crippen LogP contribution < -0.4 is 9.62 Å². The van der Waals surface area contributed by atoms with Crippen molar-refractivity contribution in [3.63, 3.8) is 0 Å². The zero-order valence-electron chi connectivity index (χ0n) is 21.5. The lowest BCUT2D eigenvalue weighted by Gasteiger charge is -2.33. The van der Waals surface area contributed by atoms with Gasteiger partial charge < -0.3 is 10.2 Å². The number of rotatable bonds is 9. The van der Waals surface area contributed by atoms with Gasteiger partial charge in [0.25, 0.3) is 0 Å². The topological polar surface area (TPSA) is 86.8 Å². The lowest BCUT2D eigenvalue weighted by atomic mass is 10.0. The number of amides is 2. The van der Waals surface area contributed by atoms with Crippen LogP contribution in [0.4, 0.5) is 5.69 Å². The Balaban J connectivity index is 2.40. The normalized spacial score (nSPS) is 12.8. The lowest BCUT2D eigenvalue weighted by molar-refractivity contribution is -0.140. The van der Waals surface area contributed by atoms with Crippen LogP contribution in [0.1, 0.15) is 58.6 Å². The standard InChI is InChI=1S/C26H36BrN3O4S/c1-18(2)21-11-13-23(14-12-21)30(35(7,33)34)17-24(31)29(16-20-9-8-10-22(27)15-20)19(3)25(32)28-26(4,5)6/h8-15,18-19H,16-17H2,1-7H3,(H,28,32)/t19-/m0/s1. The van der Waals surface area contributed by atoms with E-state index in [1.54, 1.807) is 19.1 Å². The third-order valence-corrected chi connectivity index (χ3v) is 7.07. The molecule has 0 radical (unpaired) electrons. The second kappa shape index (κ2) is 11.6. The van der Waals surface area contributed by atoms with Gasteiger partial charge in [0.15, 0.2) is 0 Å². The fraction of sp³-hybridized carbons (Fsp3) is 0.462. The largest absolute Gasteiger partial charge is 0.350 e. The Morgan fingerprint density at radius 3 is 2.11 bits per heavy atom. The van der Waals surface area contributed by atoms with E-state index < -0.39 is 34.1 Å². The van der Waals surface area contributed by atoms with Crippen LogP contribution in [0.5, 0.6) is 0 Å². The van der Waals surface area contributed by atoms with Crippen LogP contribution in [0.2, 0.25) is 0 Å². The Labute approximate surface area is 218 Å². The number of halogens is 1. The number of nitrogens with one attached hydrogen (secondary N) is 1. The second-order valence-electron chi connectivity index (χ2n) is 10.1. The van der Waals surface area contributed by atoms with Crippen molar-refractivity contribution >= 4 is 43.5 Å². The van der Waals surface area contributed by atoms with Gasteiger partial charge in [0, 0.05) is 16.6 Å². The predicted molar refractivity (Wildman–Crippen MR) is 145 cm³/mol. The predicted octanol–water partition coefficient (Wildman–Crippen LogP) is 4.67. The minimum atomic E-state index is -3.76. The zero-order valence-corrected chi connectivity index (χ0v) is 23.9. The van der Waals surface area contributed by atoms with Gasteiger partial charge in [-0.25, -0.2) is 8.42 Å². The Kier molecular flexibility index (Phi) is 9.53. The fourth-order valence-corrected chi connectivity index (χ4v) is 4.82. The van der Waals surface area contributed by atoms with Crippen LogP contribution in [0.25, 0.3) is 0 Å². The molecule has 2 rings (SSSR count). The molecule has 0 aliphatic rings. The highest BCUT2D eigenvalue weighted by Gasteiger charge is 2.31. The molecule has 0 aliphatic heterocycles. The van der Waals surface area contributed by atoms with E-state index in [0.717, 1.165) is 26.2 Å². The van der Waals surface area contributed by atoms with E-state index in [4.69, 9.17) is 0 Å². The van der Waals surface area contributed by atoms with Gasteiger partial charge in [-0.3, -0.25) is 13.9 Å². The van der Waals surface area contributed by atoms with Crippen LogP contribution in [-0.2, 0) is 26.2 Å². The summed E-state index contributed by atoms with van der Waals surface area (Å²) < 4.78 is 27.3. The number of benzene rings is 2. The summed E-state index contributed by atoms with van der Waals surface area (Å²) in [7, 11) is -3.76. The molecule has 0 saturated carbocycles. The molecular weight excluding hydrogens is 530 g/mol. The Morgan fingerprint density at radius 1 is 1.03 bits per heavy atom. The van der Waals surface area contributed by atoms with E-state index in [1.807, 2.05) is 57.2 Å². The summed E-state index contributed by atoms with van der Waals surface area (Å²) in [6.45, 7) is 11.1. The van der Waals surface area contributed by atoms with E-state index in [1.165, 1.54) is 4.90 Å². The molecule has 2 amide bonds. The van der Waals surface area contributed by atoms with Gasteiger partial charge in [-0.05, 0) is 69.0 Å². The van der Waals surface area contributed by atoms with Gasteiger partial charge in [0.1, 0.15) is 12.6 Å². The highest BCUT2D eigenvalue weighted by Crippen LogP contribution is 2.23. The minimum Gasteiger partial charge on any atom is -0.350 e. The molecule has 1 N–H and O–H groups in total. The van der Waals surface area contributed by atoms with Crippen LogP contribution in [0, 0.1) is 0 Å². The molecule has 0 spiro atoms. The fourth-order valence-electron chi connectivity index (χ4n) is 3.53. The lowest BCUT2D eigenvalue weighted by Crippen LogP contribution is -2.54. The molecule has 1 atom stereocenters. The van der Waals surface area contributed by atoms with Crippen molar-refractivity contribution in [1.82, 2.24) is 10.2 Å². The first-order valence-corrected chi connectivity index (χ1v) is 14.2. The first kappa shape index (κ1) is 28.8. The van der Waals surface area contributed by atoms with E-state index in [-0.39, 0.29) is 12.5 Å². The molecule has 0 bridgehead atoms. The van der Waals surface area contributed by atoms with Crippen LogP contribution in [-0.4, -0.2) is 49.5 Å². The molecule has 0 heterocycles. The number of carbonyl (C=O) groups is 2. The summed E-state index contributed by atoms with van der Waals surface area (Å²) in [5, 5.41) is 2.91. The molecule has 192 valence electrons. The van der Waals surface area contributed by atoms with Crippen LogP contribution in [0.15, 0.2) is 53.0 Å². The number of sulfonamides is 1. The average molecular weight is 567 g/mol. The van der Waals surface area contributed by atoms with E-state index in [9.17, 15) is 18.0 Å². The summed E-state index contributed by atoms with van der Waals surface area (Å²) in [4.78, 5) is 28.0. The maximum absolute atomic E-state index is 13.6. The van der Waals surface area contributed by atoms with E-state index in [2.05, 4.69) is 35.1 Å². The first-order chi connectivity index (χ1) is 16.1. The second-order valence-corrected chi connectivity index (χ2v) is 12.9. The average Bonchev–Trinajstić information content (AvgIpc) is 2.73. The van der Waals surface area contributed by atoms with Gasteiger partial charge in [-0.2, -0.15) is 0 Å². The van der Waals surface area contributed by atoms with Crippen molar-refractivity contribution in [3.05, 3.63) is 64.1 Å². The Hall–Kier alpha value is -2.39. The Bertz CT molecular complexity index is 1140. The number of hydrogen-bond donors (Lipinski definition) is 1. The van der Waals surface area contributed by atoms with Gasteiger partial charge in [-0.1, -0.05) is 54.0 Å². The van der Waals surface area contributed by atoms with Gasteiger partial charge >= 0.3 is 0 Å². The summed E-state index contributed by atoms with van der Waals surface area (Å²) >= 11 is 3.44. The number of nitrogens with zero attached hydrogens (tertiary/aromatic N) is 2. The summed E-state index contributed by atoms with van der Waals surface area (Å²) in [6, 6.07) is 13.8. The van der Waals surface area contributed by atoms with Gasteiger partial charge in [-0.15, -0.1) is 0 Å². The molecule has 2 aromatic rings. The molecular formula is C26H36BrN3O4S. The van der Waals surface area contributed by atoms with Crippen molar-refractivity contribution in [2.24, 2.45) is 0 Å². The monoisotopic (exact) mass is 565 g/mol. The van der Waals surface area contributed by atoms with Crippen molar-refractivity contribution in [1.29, 1.82) is 0 Å². The molecule has 35 heavy (non-hydrogen) atoms. The number of hydrogen-bond acceptors (Lipinski definition) is 4. The van der Waals surface area contributed by atoms with Crippen molar-refractivity contribution < 1.29 is 18.0 Å². The molecule has 0 aromatic heterocycles. The number of carbonyl (C=O) groups excluding carboxylic acids is 2. The van der Waals surface area contributed by atoms with Gasteiger partial charge in [0.2, 0.25) is 21.8 Å². The molecule has 7 nitrogen and oxygen atoms in total. The highest BCUT2D eigenvalue weighted by molar-refractivity contribution is 9.10. The van der Waals surface area contributed by atoms with Gasteiger partial charge in [0.05, 0.1) is 11.9 Å². The quantitative estimate of drug-likeness (QED) is 0.478. The molecule has 0 unspecified atom stereocenters. The first-order valence-electron chi connectivity index (χ1n) is 11.5. The van der Waals surface area contributed by atoms with E-state index >= 15 is 0 Å². The maximum Gasteiger partial charge on any atom is 0.244 e. The molecule has 9 heteroatoms. The highest BCUT2D eigenvalue weighted by atomic mass is 79.9. The summed E-state index contributed by atoms with van der Waals surface area (Å²) in [6.07, 6.45) is 1.07. The summed E-state index contributed by atoms with van der Waals surface area (Å²) in [5.41, 5.74) is 1.80. The van der Waals surface area contributed by atoms with Crippen molar-refractivity contribution in [2.45, 2.75) is 65.6 Å². The third-order valence-electron chi connectivity index (χ3n) is 5.43. The van der Waals surface area contributed by atoms with E-state index in [0.29, 0.717) is 11.6 Å². The smallest absolute Gasteiger partial charge is 0.244 e. The van der Waals surface area contributed by atoms with Crippen molar-refractivity contribution in [3.8, 4) is 0 Å². The summed E-state index contributed by atoms with van der Waals surface area (Å²) in [5.74, 6) is -0.492. The molecule has 0 aliphatic carbocycles. The van der Waals surface area contributed by atoms with Crippen LogP contribution >= 0.6 is 15.9 Å². The van der Waals surface area contributed by atoms with Crippen molar-refractivity contribution in [2.75, 3.05) is 17.1 Å². The zero-order chi connectivity index (χ0) is 26.6.